The van der Waals surface area contributed by atoms with Crippen LogP contribution >= 0.6 is 24.0 Å². The van der Waals surface area contributed by atoms with Gasteiger partial charge in [0, 0.05) is 17.7 Å². The zero-order chi connectivity index (χ0) is 30.3. The van der Waals surface area contributed by atoms with Crippen LogP contribution in [0.1, 0.15) is 73.5 Å². The molecule has 0 spiro atoms. The Labute approximate surface area is 266 Å². The smallest absolute Gasteiger partial charge is 0.329 e. The number of aryl methyl sites for hydroxylation is 2. The van der Waals surface area contributed by atoms with Gasteiger partial charge in [0.05, 0.1) is 17.3 Å². The Bertz CT molecular complexity index is 1420. The molecule has 9 heteroatoms. The van der Waals surface area contributed by atoms with Crippen molar-refractivity contribution < 1.29 is 19.4 Å². The van der Waals surface area contributed by atoms with E-state index in [0.29, 0.717) is 35.9 Å². The highest BCUT2D eigenvalue weighted by molar-refractivity contribution is 6.32. The Morgan fingerprint density at radius 2 is 1.79 bits per heavy atom. The molecule has 4 rings (SSSR count). The second kappa shape index (κ2) is 15.6. The van der Waals surface area contributed by atoms with Crippen molar-refractivity contribution in [2.24, 2.45) is 0 Å². The Kier molecular flexibility index (Phi) is 12.4. The van der Waals surface area contributed by atoms with Crippen LogP contribution in [0.4, 0.5) is 0 Å². The molecule has 1 aromatic heterocycles. The van der Waals surface area contributed by atoms with Gasteiger partial charge < -0.3 is 20.1 Å². The van der Waals surface area contributed by atoms with Crippen LogP contribution in [-0.4, -0.2) is 59.7 Å². The zero-order valence-corrected chi connectivity index (χ0v) is 27.1. The monoisotopic (exact) mass is 627 g/mol. The first-order chi connectivity index (χ1) is 20.1. The first kappa shape index (κ1) is 34.4. The fourth-order valence-electron chi connectivity index (χ4n) is 5.58. The highest BCUT2D eigenvalue weighted by Crippen LogP contribution is 2.37. The first-order valence-corrected chi connectivity index (χ1v) is 15.3. The van der Waals surface area contributed by atoms with Crippen LogP contribution in [0.3, 0.4) is 0 Å². The number of halogens is 2. The number of amides is 1. The predicted octanol–water partition coefficient (Wildman–Crippen LogP) is 7.60. The molecule has 1 amide bonds. The molecule has 2 N–H and O–H groups in total. The maximum absolute atomic E-state index is 13.5. The normalized spacial score (nSPS) is 14.2. The lowest BCUT2D eigenvalue weighted by Gasteiger charge is -2.33. The third kappa shape index (κ3) is 8.49. The van der Waals surface area contributed by atoms with Gasteiger partial charge in [-0.25, -0.2) is 9.78 Å². The van der Waals surface area contributed by atoms with Gasteiger partial charge in [-0.3, -0.25) is 4.79 Å². The minimum Gasteiger partial charge on any atom is -0.492 e. The standard InChI is InChI=1S/C34H42ClN3O4.ClH/c1-5-10-24-12-11-23(2)27(21-24)26-14-16-29(32(39)37-34(33(40)41)17-7-6-8-18-34)36-31(26)25-13-15-28(35)30(22-25)42-20-9-19-38(3)4;/h11-16,21-22H,5-10,17-20H2,1-4H3,(H,37,39)(H,40,41);1H. The van der Waals surface area contributed by atoms with Gasteiger partial charge in [0.2, 0.25) is 0 Å². The Balaban J connectivity index is 0.00000506. The number of benzene rings is 2. The van der Waals surface area contributed by atoms with Crippen molar-refractivity contribution >= 4 is 35.9 Å². The number of carboxylic acid groups (broad SMARTS) is 1. The quantitative estimate of drug-likeness (QED) is 0.201. The summed E-state index contributed by atoms with van der Waals surface area (Å²) < 4.78 is 6.06. The average Bonchev–Trinajstić information content (AvgIpc) is 2.97. The van der Waals surface area contributed by atoms with Crippen LogP contribution in [0.25, 0.3) is 22.4 Å². The van der Waals surface area contributed by atoms with E-state index in [9.17, 15) is 14.7 Å². The van der Waals surface area contributed by atoms with Gasteiger partial charge in [0.25, 0.3) is 5.91 Å². The van der Waals surface area contributed by atoms with E-state index in [1.54, 1.807) is 12.1 Å². The largest absolute Gasteiger partial charge is 0.492 e. The number of hydrogen-bond donors (Lipinski definition) is 2. The summed E-state index contributed by atoms with van der Waals surface area (Å²) in [7, 11) is 4.04. The van der Waals surface area contributed by atoms with E-state index < -0.39 is 17.4 Å². The molecule has 1 saturated carbocycles. The van der Waals surface area contributed by atoms with Crippen LogP contribution in [-0.2, 0) is 11.2 Å². The molecule has 1 aliphatic rings. The van der Waals surface area contributed by atoms with Crippen molar-refractivity contribution in [1.29, 1.82) is 0 Å². The van der Waals surface area contributed by atoms with E-state index in [1.165, 1.54) is 5.56 Å². The molecule has 1 fully saturated rings. The van der Waals surface area contributed by atoms with Gasteiger partial charge >= 0.3 is 5.97 Å². The minimum absolute atomic E-state index is 0. The number of nitrogens with zero attached hydrogens (tertiary/aromatic N) is 2. The van der Waals surface area contributed by atoms with Gasteiger partial charge in [-0.15, -0.1) is 12.4 Å². The fraction of sp³-hybridized carbons (Fsp3) is 0.441. The minimum atomic E-state index is -1.27. The predicted molar refractivity (Wildman–Crippen MR) is 176 cm³/mol. The van der Waals surface area contributed by atoms with Crippen LogP contribution in [0.2, 0.25) is 5.02 Å². The number of ether oxygens (including phenoxy) is 1. The third-order valence-electron chi connectivity index (χ3n) is 7.94. The summed E-state index contributed by atoms with van der Waals surface area (Å²) in [5.74, 6) is -0.929. The van der Waals surface area contributed by atoms with Crippen molar-refractivity contribution in [3.63, 3.8) is 0 Å². The van der Waals surface area contributed by atoms with Crippen molar-refractivity contribution in [2.75, 3.05) is 27.2 Å². The molecule has 1 aliphatic carbocycles. The summed E-state index contributed by atoms with van der Waals surface area (Å²) in [5.41, 5.74) is 4.52. The van der Waals surface area contributed by atoms with Crippen molar-refractivity contribution in [2.45, 2.75) is 70.8 Å². The molecular formula is C34H43Cl2N3O4. The van der Waals surface area contributed by atoms with Gasteiger partial charge in [-0.2, -0.15) is 0 Å². The third-order valence-corrected chi connectivity index (χ3v) is 8.25. The Morgan fingerprint density at radius 3 is 2.47 bits per heavy atom. The summed E-state index contributed by atoms with van der Waals surface area (Å²) in [6, 6.07) is 15.6. The van der Waals surface area contributed by atoms with E-state index in [0.717, 1.165) is 67.3 Å². The lowest BCUT2D eigenvalue weighted by Crippen LogP contribution is -2.55. The summed E-state index contributed by atoms with van der Waals surface area (Å²) in [4.78, 5) is 32.7. The van der Waals surface area contributed by atoms with Crippen molar-refractivity contribution in [1.82, 2.24) is 15.2 Å². The molecule has 0 unspecified atom stereocenters. The average molecular weight is 629 g/mol. The molecule has 0 saturated heterocycles. The SMILES string of the molecule is CCCc1ccc(C)c(-c2ccc(C(=O)NC3(C(=O)O)CCCCC3)nc2-c2ccc(Cl)c(OCCCN(C)C)c2)c1.Cl. The molecule has 43 heavy (non-hydrogen) atoms. The van der Waals surface area contributed by atoms with E-state index in [2.05, 4.69) is 42.3 Å². The molecule has 0 radical (unpaired) electrons. The molecule has 7 nitrogen and oxygen atoms in total. The van der Waals surface area contributed by atoms with E-state index in [-0.39, 0.29) is 18.1 Å². The maximum Gasteiger partial charge on any atom is 0.329 e. The van der Waals surface area contributed by atoms with Crippen LogP contribution in [0.5, 0.6) is 5.75 Å². The number of carbonyl (C=O) groups is 2. The number of nitrogens with one attached hydrogen (secondary N) is 1. The van der Waals surface area contributed by atoms with Gasteiger partial charge in [-0.1, -0.05) is 68.5 Å². The van der Waals surface area contributed by atoms with E-state index in [4.69, 9.17) is 21.3 Å². The number of aromatic nitrogens is 1. The molecule has 0 aliphatic heterocycles. The summed E-state index contributed by atoms with van der Waals surface area (Å²) in [6.07, 6.45) is 6.15. The molecular weight excluding hydrogens is 585 g/mol. The lowest BCUT2D eigenvalue weighted by atomic mass is 9.81. The number of carbonyl (C=O) groups excluding carboxylic acids is 1. The Hall–Kier alpha value is -3.13. The molecule has 232 valence electrons. The number of hydrogen-bond acceptors (Lipinski definition) is 5. The van der Waals surface area contributed by atoms with Gasteiger partial charge in [-0.05, 0) is 87.7 Å². The number of pyridine rings is 1. The van der Waals surface area contributed by atoms with Crippen LogP contribution < -0.4 is 10.1 Å². The molecule has 2 aromatic carbocycles. The number of aliphatic carboxylic acids is 1. The topological polar surface area (TPSA) is 91.8 Å². The van der Waals surface area contributed by atoms with Crippen molar-refractivity contribution in [3.05, 3.63) is 70.4 Å². The van der Waals surface area contributed by atoms with Crippen LogP contribution in [0, 0.1) is 6.92 Å². The highest BCUT2D eigenvalue weighted by Gasteiger charge is 2.41. The fourth-order valence-corrected chi connectivity index (χ4v) is 5.75. The molecule has 1 heterocycles. The molecule has 0 bridgehead atoms. The first-order valence-electron chi connectivity index (χ1n) is 14.9. The Morgan fingerprint density at radius 1 is 1.05 bits per heavy atom. The maximum atomic E-state index is 13.5. The number of rotatable bonds is 12. The zero-order valence-electron chi connectivity index (χ0n) is 25.5. The molecule has 0 atom stereocenters. The second-order valence-corrected chi connectivity index (χ2v) is 12.0. The molecule has 3 aromatic rings. The van der Waals surface area contributed by atoms with E-state index >= 15 is 0 Å². The van der Waals surface area contributed by atoms with Crippen LogP contribution in [0.15, 0.2) is 48.5 Å². The summed E-state index contributed by atoms with van der Waals surface area (Å²) >= 11 is 6.52. The van der Waals surface area contributed by atoms with Gasteiger partial charge in [0.15, 0.2) is 0 Å². The van der Waals surface area contributed by atoms with Crippen molar-refractivity contribution in [3.8, 4) is 28.1 Å². The highest BCUT2D eigenvalue weighted by atomic mass is 35.5. The van der Waals surface area contributed by atoms with Gasteiger partial charge in [0.1, 0.15) is 17.0 Å². The number of carboxylic acids is 1. The summed E-state index contributed by atoms with van der Waals surface area (Å²) in [6.45, 7) is 5.63. The second-order valence-electron chi connectivity index (χ2n) is 11.5. The van der Waals surface area contributed by atoms with E-state index in [1.807, 2.05) is 32.3 Å². The lowest BCUT2D eigenvalue weighted by molar-refractivity contribution is -0.145. The summed E-state index contributed by atoms with van der Waals surface area (Å²) in [5, 5.41) is 13.4.